The van der Waals surface area contributed by atoms with Crippen LogP contribution in [0.25, 0.3) is 11.0 Å². The highest BCUT2D eigenvalue weighted by molar-refractivity contribution is 6.33. The normalized spacial score (nSPS) is 11.3. The fourth-order valence-electron chi connectivity index (χ4n) is 2.52. The minimum Gasteiger partial charge on any atom is -0.434 e. The largest absolute Gasteiger partial charge is 0.434 e. The first-order valence-electron chi connectivity index (χ1n) is 6.90. The van der Waals surface area contributed by atoms with Gasteiger partial charge in [0.05, 0.1) is 17.6 Å². The molecule has 0 aliphatic heterocycles. The van der Waals surface area contributed by atoms with Gasteiger partial charge in [-0.1, -0.05) is 17.6 Å². The average molecular weight is 316 g/mol. The van der Waals surface area contributed by atoms with Crippen molar-refractivity contribution in [2.75, 3.05) is 0 Å². The quantitative estimate of drug-likeness (QED) is 0.692. The number of rotatable bonds is 4. The summed E-state index contributed by atoms with van der Waals surface area (Å²) in [4.78, 5) is 4.37. The van der Waals surface area contributed by atoms with E-state index in [1.165, 1.54) is 18.2 Å². The molecular formula is C16H12BF3N2O. The molecule has 2 radical (unpaired) electrons. The summed E-state index contributed by atoms with van der Waals surface area (Å²) in [6.07, 6.45) is 0. The zero-order valence-corrected chi connectivity index (χ0v) is 12.3. The molecule has 3 aromatic rings. The van der Waals surface area contributed by atoms with Gasteiger partial charge in [-0.3, -0.25) is 0 Å². The van der Waals surface area contributed by atoms with Gasteiger partial charge in [-0.05, 0) is 31.2 Å². The number of aromatic nitrogens is 2. The monoisotopic (exact) mass is 316 g/mol. The smallest absolute Gasteiger partial charge is 0.387 e. The third kappa shape index (κ3) is 3.04. The van der Waals surface area contributed by atoms with E-state index in [0.717, 1.165) is 0 Å². The van der Waals surface area contributed by atoms with E-state index in [2.05, 4.69) is 9.72 Å². The lowest BCUT2D eigenvalue weighted by Gasteiger charge is -2.13. The Hall–Kier alpha value is -2.44. The Morgan fingerprint density at radius 3 is 2.78 bits per heavy atom. The molecule has 116 valence electrons. The van der Waals surface area contributed by atoms with Crippen LogP contribution in [-0.4, -0.2) is 24.0 Å². The van der Waals surface area contributed by atoms with Crippen LogP contribution in [0.4, 0.5) is 13.2 Å². The van der Waals surface area contributed by atoms with Gasteiger partial charge in [-0.25, -0.2) is 9.37 Å². The van der Waals surface area contributed by atoms with Crippen molar-refractivity contribution < 1.29 is 17.9 Å². The standard InChI is InChI=1S/C16H12BF3N2O/c1-9-21-13-6-5-10(17)7-14(13)22(9)8-11-12(18)3-2-4-15(11)23-16(19)20/h2-7,16H,8H2,1H3. The topological polar surface area (TPSA) is 27.1 Å². The average Bonchev–Trinajstić information content (AvgIpc) is 2.77. The van der Waals surface area contributed by atoms with E-state index < -0.39 is 12.4 Å². The molecule has 3 rings (SSSR count). The van der Waals surface area contributed by atoms with Crippen molar-refractivity contribution in [1.29, 1.82) is 0 Å². The molecule has 0 amide bonds. The summed E-state index contributed by atoms with van der Waals surface area (Å²) in [7, 11) is 5.78. The Kier molecular flexibility index (Phi) is 4.02. The highest BCUT2D eigenvalue weighted by Gasteiger charge is 2.16. The van der Waals surface area contributed by atoms with Crippen LogP contribution in [0, 0.1) is 12.7 Å². The number of halogens is 3. The van der Waals surface area contributed by atoms with Crippen molar-refractivity contribution in [2.45, 2.75) is 20.1 Å². The van der Waals surface area contributed by atoms with E-state index in [4.69, 9.17) is 7.85 Å². The Balaban J connectivity index is 2.09. The molecule has 0 spiro atoms. The van der Waals surface area contributed by atoms with E-state index in [0.29, 0.717) is 22.3 Å². The van der Waals surface area contributed by atoms with Crippen LogP contribution in [0.3, 0.4) is 0 Å². The van der Waals surface area contributed by atoms with Gasteiger partial charge < -0.3 is 9.30 Å². The molecule has 0 fully saturated rings. The molecule has 1 heterocycles. The lowest BCUT2D eigenvalue weighted by atomic mass is 9.96. The number of nitrogens with zero attached hydrogens (tertiary/aromatic N) is 2. The maximum Gasteiger partial charge on any atom is 0.387 e. The molecule has 0 unspecified atom stereocenters. The summed E-state index contributed by atoms with van der Waals surface area (Å²) in [5.74, 6) is -0.185. The zero-order valence-electron chi connectivity index (χ0n) is 12.3. The predicted molar refractivity (Wildman–Crippen MR) is 82.0 cm³/mol. The second-order valence-corrected chi connectivity index (χ2v) is 5.09. The maximum atomic E-state index is 14.1. The SMILES string of the molecule is [B]c1ccc2nc(C)n(Cc3c(F)cccc3OC(F)F)c2c1. The second-order valence-electron chi connectivity index (χ2n) is 5.09. The summed E-state index contributed by atoms with van der Waals surface area (Å²) < 4.78 is 45.3. The van der Waals surface area contributed by atoms with Crippen LogP contribution in [-0.2, 0) is 6.54 Å². The van der Waals surface area contributed by atoms with Crippen LogP contribution in [0.5, 0.6) is 5.75 Å². The number of fused-ring (bicyclic) bond motifs is 1. The van der Waals surface area contributed by atoms with Gasteiger partial charge in [0.25, 0.3) is 0 Å². The number of alkyl halides is 2. The summed E-state index contributed by atoms with van der Waals surface area (Å²) in [5, 5.41) is 0. The number of imidazole rings is 1. The molecule has 0 saturated heterocycles. The summed E-state index contributed by atoms with van der Waals surface area (Å²) in [6, 6.07) is 9.03. The summed E-state index contributed by atoms with van der Waals surface area (Å²) in [5.41, 5.74) is 1.98. The number of benzene rings is 2. The fourth-order valence-corrected chi connectivity index (χ4v) is 2.52. The van der Waals surface area contributed by atoms with Crippen LogP contribution in [0.1, 0.15) is 11.4 Å². The number of aryl methyl sites for hydroxylation is 1. The molecule has 0 aliphatic carbocycles. The molecule has 3 nitrogen and oxygen atoms in total. The van der Waals surface area contributed by atoms with Crippen LogP contribution >= 0.6 is 0 Å². The van der Waals surface area contributed by atoms with Gasteiger partial charge in [-0.2, -0.15) is 8.78 Å². The molecule has 0 aliphatic rings. The van der Waals surface area contributed by atoms with E-state index in [1.54, 1.807) is 29.7 Å². The lowest BCUT2D eigenvalue weighted by molar-refractivity contribution is -0.0506. The zero-order chi connectivity index (χ0) is 16.6. The van der Waals surface area contributed by atoms with E-state index in [-0.39, 0.29) is 17.9 Å². The van der Waals surface area contributed by atoms with Crippen molar-refractivity contribution in [2.24, 2.45) is 0 Å². The molecular weight excluding hydrogens is 304 g/mol. The molecule has 0 bridgehead atoms. The Labute approximate surface area is 132 Å². The minimum absolute atomic E-state index is 0.0144. The lowest BCUT2D eigenvalue weighted by Crippen LogP contribution is -2.10. The summed E-state index contributed by atoms with van der Waals surface area (Å²) in [6.45, 7) is -1.25. The van der Waals surface area contributed by atoms with Gasteiger partial charge in [0.15, 0.2) is 0 Å². The predicted octanol–water partition coefficient (Wildman–Crippen LogP) is 2.93. The Morgan fingerprint density at radius 1 is 1.26 bits per heavy atom. The molecule has 0 saturated carbocycles. The first-order valence-corrected chi connectivity index (χ1v) is 6.90. The number of hydrogen-bond acceptors (Lipinski definition) is 2. The van der Waals surface area contributed by atoms with Gasteiger partial charge in [-0.15, -0.1) is 0 Å². The van der Waals surface area contributed by atoms with Gasteiger partial charge >= 0.3 is 6.61 Å². The molecule has 7 heteroatoms. The Bertz CT molecular complexity index is 864. The highest BCUT2D eigenvalue weighted by atomic mass is 19.3. The minimum atomic E-state index is -3.02. The number of ether oxygens (including phenoxy) is 1. The van der Waals surface area contributed by atoms with E-state index >= 15 is 0 Å². The second kappa shape index (κ2) is 5.99. The van der Waals surface area contributed by atoms with E-state index in [1.807, 2.05) is 0 Å². The van der Waals surface area contributed by atoms with Gasteiger partial charge in [0.1, 0.15) is 25.2 Å². The third-order valence-electron chi connectivity index (χ3n) is 3.57. The van der Waals surface area contributed by atoms with Crippen molar-refractivity contribution in [3.05, 3.63) is 53.6 Å². The van der Waals surface area contributed by atoms with E-state index in [9.17, 15) is 13.2 Å². The van der Waals surface area contributed by atoms with Crippen LogP contribution < -0.4 is 10.2 Å². The fraction of sp³-hybridized carbons (Fsp3) is 0.188. The van der Waals surface area contributed by atoms with Crippen molar-refractivity contribution in [3.8, 4) is 5.75 Å². The molecule has 1 aromatic heterocycles. The molecule has 2 aromatic carbocycles. The van der Waals surface area contributed by atoms with Crippen LogP contribution in [0.2, 0.25) is 0 Å². The molecule has 0 N–H and O–H groups in total. The van der Waals surface area contributed by atoms with Crippen LogP contribution in [0.15, 0.2) is 36.4 Å². The van der Waals surface area contributed by atoms with Gasteiger partial charge in [0.2, 0.25) is 0 Å². The Morgan fingerprint density at radius 2 is 2.04 bits per heavy atom. The van der Waals surface area contributed by atoms with Crippen molar-refractivity contribution in [3.63, 3.8) is 0 Å². The molecule has 0 atom stereocenters. The van der Waals surface area contributed by atoms with Crippen molar-refractivity contribution in [1.82, 2.24) is 9.55 Å². The first-order chi connectivity index (χ1) is 11.0. The number of hydrogen-bond donors (Lipinski definition) is 0. The maximum absolute atomic E-state index is 14.1. The molecule has 23 heavy (non-hydrogen) atoms. The highest BCUT2D eigenvalue weighted by Crippen LogP contribution is 2.26. The van der Waals surface area contributed by atoms with Crippen molar-refractivity contribution >= 4 is 24.3 Å². The first kappa shape index (κ1) is 15.5. The van der Waals surface area contributed by atoms with Gasteiger partial charge in [0, 0.05) is 5.56 Å². The summed E-state index contributed by atoms with van der Waals surface area (Å²) >= 11 is 0. The third-order valence-corrected chi connectivity index (χ3v) is 3.57.